The SMILES string of the molecule is COc1ncc(-c2ccc(NC(=O)c3ccc(Cl)cc3Cl)c(C(=O)O)c2)c(OC)n1. The molecule has 3 aromatic rings. The Kier molecular flexibility index (Phi) is 6.39. The van der Waals surface area contributed by atoms with Crippen LogP contribution >= 0.6 is 23.2 Å². The average molecular weight is 448 g/mol. The van der Waals surface area contributed by atoms with Crippen LogP contribution in [-0.2, 0) is 0 Å². The van der Waals surface area contributed by atoms with Crippen molar-refractivity contribution in [3.63, 3.8) is 0 Å². The third-order valence-electron chi connectivity index (χ3n) is 4.09. The smallest absolute Gasteiger partial charge is 0.337 e. The topological polar surface area (TPSA) is 111 Å². The first-order valence-electron chi connectivity index (χ1n) is 8.43. The zero-order chi connectivity index (χ0) is 21.8. The first kappa shape index (κ1) is 21.4. The van der Waals surface area contributed by atoms with Crippen molar-refractivity contribution in [2.75, 3.05) is 19.5 Å². The van der Waals surface area contributed by atoms with Gasteiger partial charge in [0.2, 0.25) is 5.88 Å². The fraction of sp³-hybridized carbons (Fsp3) is 0.100. The Morgan fingerprint density at radius 3 is 2.43 bits per heavy atom. The molecule has 0 aliphatic rings. The second-order valence-corrected chi connectivity index (χ2v) is 6.77. The van der Waals surface area contributed by atoms with Crippen LogP contribution in [0.1, 0.15) is 20.7 Å². The number of aromatic nitrogens is 2. The molecule has 1 aromatic heterocycles. The number of aromatic carboxylic acids is 1. The molecule has 2 N–H and O–H groups in total. The molecule has 30 heavy (non-hydrogen) atoms. The van der Waals surface area contributed by atoms with E-state index in [0.29, 0.717) is 16.1 Å². The molecule has 154 valence electrons. The van der Waals surface area contributed by atoms with E-state index in [-0.39, 0.29) is 33.7 Å². The summed E-state index contributed by atoms with van der Waals surface area (Å²) in [4.78, 5) is 32.5. The van der Waals surface area contributed by atoms with Crippen molar-refractivity contribution >= 4 is 40.8 Å². The first-order chi connectivity index (χ1) is 14.3. The van der Waals surface area contributed by atoms with Gasteiger partial charge in [-0.2, -0.15) is 4.98 Å². The highest BCUT2D eigenvalue weighted by Crippen LogP contribution is 2.32. The molecule has 1 heterocycles. The van der Waals surface area contributed by atoms with Crippen LogP contribution < -0.4 is 14.8 Å². The number of hydrogen-bond acceptors (Lipinski definition) is 6. The van der Waals surface area contributed by atoms with Gasteiger partial charge < -0.3 is 19.9 Å². The van der Waals surface area contributed by atoms with Crippen LogP contribution in [0.15, 0.2) is 42.6 Å². The highest BCUT2D eigenvalue weighted by Gasteiger charge is 2.19. The number of carbonyl (C=O) groups is 2. The maximum Gasteiger partial charge on any atom is 0.337 e. The average Bonchev–Trinajstić information content (AvgIpc) is 2.73. The lowest BCUT2D eigenvalue weighted by molar-refractivity contribution is 0.0698. The van der Waals surface area contributed by atoms with Gasteiger partial charge in [0.25, 0.3) is 5.91 Å². The van der Waals surface area contributed by atoms with Crippen LogP contribution in [0.25, 0.3) is 11.1 Å². The summed E-state index contributed by atoms with van der Waals surface area (Å²) < 4.78 is 10.2. The Bertz CT molecular complexity index is 1140. The fourth-order valence-electron chi connectivity index (χ4n) is 2.66. The second kappa shape index (κ2) is 8.98. The maximum atomic E-state index is 12.6. The van der Waals surface area contributed by atoms with Crippen LogP contribution in [-0.4, -0.2) is 41.2 Å². The molecule has 0 atom stereocenters. The van der Waals surface area contributed by atoms with Crippen molar-refractivity contribution in [1.82, 2.24) is 9.97 Å². The number of hydrogen-bond donors (Lipinski definition) is 2. The zero-order valence-electron chi connectivity index (χ0n) is 15.8. The minimum Gasteiger partial charge on any atom is -0.480 e. The van der Waals surface area contributed by atoms with Crippen molar-refractivity contribution in [3.05, 3.63) is 63.8 Å². The monoisotopic (exact) mass is 447 g/mol. The molecule has 10 heteroatoms. The predicted molar refractivity (Wildman–Crippen MR) is 112 cm³/mol. The number of benzene rings is 2. The molecule has 0 saturated heterocycles. The summed E-state index contributed by atoms with van der Waals surface area (Å²) in [5, 5.41) is 12.7. The van der Waals surface area contributed by atoms with Crippen molar-refractivity contribution in [3.8, 4) is 23.0 Å². The Balaban J connectivity index is 1.98. The normalized spacial score (nSPS) is 10.4. The molecule has 3 rings (SSSR count). The van der Waals surface area contributed by atoms with Gasteiger partial charge in [-0.25, -0.2) is 9.78 Å². The van der Waals surface area contributed by atoms with Crippen LogP contribution in [0.5, 0.6) is 11.9 Å². The highest BCUT2D eigenvalue weighted by molar-refractivity contribution is 6.37. The zero-order valence-corrected chi connectivity index (χ0v) is 17.3. The van der Waals surface area contributed by atoms with E-state index >= 15 is 0 Å². The van der Waals surface area contributed by atoms with Gasteiger partial charge in [-0.05, 0) is 35.9 Å². The summed E-state index contributed by atoms with van der Waals surface area (Å²) in [5.41, 5.74) is 1.06. The van der Waals surface area contributed by atoms with E-state index in [1.165, 1.54) is 50.7 Å². The van der Waals surface area contributed by atoms with E-state index in [0.717, 1.165) is 0 Å². The molecule has 0 saturated carbocycles. The van der Waals surface area contributed by atoms with Gasteiger partial charge in [-0.15, -0.1) is 0 Å². The highest BCUT2D eigenvalue weighted by atomic mass is 35.5. The Labute approximate surface area is 181 Å². The van der Waals surface area contributed by atoms with E-state index < -0.39 is 11.9 Å². The third kappa shape index (κ3) is 4.45. The Hall–Kier alpha value is -3.36. The minimum absolute atomic E-state index is 0.0932. The number of carboxylic acids is 1. The maximum absolute atomic E-state index is 12.6. The number of carbonyl (C=O) groups excluding carboxylic acids is 1. The number of anilines is 1. The van der Waals surface area contributed by atoms with E-state index in [2.05, 4.69) is 15.3 Å². The van der Waals surface area contributed by atoms with E-state index in [1.54, 1.807) is 6.07 Å². The predicted octanol–water partition coefficient (Wildman–Crippen LogP) is 4.42. The molecule has 1 amide bonds. The number of nitrogens with zero attached hydrogens (tertiary/aromatic N) is 2. The quantitative estimate of drug-likeness (QED) is 0.575. The Morgan fingerprint density at radius 1 is 1.03 bits per heavy atom. The molecular formula is C20H15Cl2N3O5. The Morgan fingerprint density at radius 2 is 1.80 bits per heavy atom. The van der Waals surface area contributed by atoms with Gasteiger partial charge in [-0.1, -0.05) is 29.3 Å². The number of nitrogens with one attached hydrogen (secondary N) is 1. The standard InChI is InChI=1S/C20H15Cl2N3O5/c1-29-18-14(9-23-20(25-18)30-2)10-3-6-16(13(7-10)19(27)28)24-17(26)12-5-4-11(21)8-15(12)22/h3-9H,1-2H3,(H,24,26)(H,27,28). The molecule has 0 aliphatic carbocycles. The minimum atomic E-state index is -1.23. The summed E-state index contributed by atoms with van der Waals surface area (Å²) in [6, 6.07) is 8.96. The molecule has 8 nitrogen and oxygen atoms in total. The van der Waals surface area contributed by atoms with Gasteiger partial charge in [-0.3, -0.25) is 4.79 Å². The van der Waals surface area contributed by atoms with Gasteiger partial charge in [0.05, 0.1) is 41.6 Å². The van der Waals surface area contributed by atoms with Crippen LogP contribution in [0.3, 0.4) is 0 Å². The summed E-state index contributed by atoms with van der Waals surface area (Å²) in [7, 11) is 2.84. The molecular weight excluding hydrogens is 433 g/mol. The number of carboxylic acid groups (broad SMARTS) is 1. The summed E-state index contributed by atoms with van der Waals surface area (Å²) in [6.07, 6.45) is 1.46. The largest absolute Gasteiger partial charge is 0.480 e. The van der Waals surface area contributed by atoms with Crippen LogP contribution in [0, 0.1) is 0 Å². The molecule has 0 unspecified atom stereocenters. The fourth-order valence-corrected chi connectivity index (χ4v) is 3.16. The lowest BCUT2D eigenvalue weighted by Crippen LogP contribution is -2.15. The van der Waals surface area contributed by atoms with Crippen LogP contribution in [0.4, 0.5) is 5.69 Å². The lowest BCUT2D eigenvalue weighted by Gasteiger charge is -2.13. The van der Waals surface area contributed by atoms with Gasteiger partial charge in [0, 0.05) is 11.2 Å². The molecule has 0 aliphatic heterocycles. The molecule has 0 fully saturated rings. The molecule has 0 radical (unpaired) electrons. The number of rotatable bonds is 6. The number of halogens is 2. The number of ether oxygens (including phenoxy) is 2. The van der Waals surface area contributed by atoms with Gasteiger partial charge in [0.1, 0.15) is 0 Å². The third-order valence-corrected chi connectivity index (χ3v) is 4.64. The molecule has 2 aromatic carbocycles. The number of amides is 1. The first-order valence-corrected chi connectivity index (χ1v) is 9.18. The molecule has 0 spiro atoms. The van der Waals surface area contributed by atoms with Crippen LogP contribution in [0.2, 0.25) is 10.0 Å². The van der Waals surface area contributed by atoms with Gasteiger partial charge >= 0.3 is 12.0 Å². The van der Waals surface area contributed by atoms with Crippen molar-refractivity contribution in [1.29, 1.82) is 0 Å². The lowest BCUT2D eigenvalue weighted by atomic mass is 10.0. The summed E-state index contributed by atoms with van der Waals surface area (Å²) in [5.74, 6) is -1.59. The summed E-state index contributed by atoms with van der Waals surface area (Å²) in [6.45, 7) is 0. The molecule has 0 bridgehead atoms. The van der Waals surface area contributed by atoms with Gasteiger partial charge in [0.15, 0.2) is 0 Å². The second-order valence-electron chi connectivity index (χ2n) is 5.92. The van der Waals surface area contributed by atoms with Crippen molar-refractivity contribution < 1.29 is 24.2 Å². The summed E-state index contributed by atoms with van der Waals surface area (Å²) >= 11 is 11.9. The van der Waals surface area contributed by atoms with Crippen molar-refractivity contribution in [2.45, 2.75) is 0 Å². The van der Waals surface area contributed by atoms with E-state index in [4.69, 9.17) is 32.7 Å². The van der Waals surface area contributed by atoms with E-state index in [9.17, 15) is 14.7 Å². The number of methoxy groups -OCH3 is 2. The van der Waals surface area contributed by atoms with E-state index in [1.807, 2.05) is 0 Å². The van der Waals surface area contributed by atoms with Crippen molar-refractivity contribution in [2.24, 2.45) is 0 Å².